The van der Waals surface area contributed by atoms with Gasteiger partial charge in [-0.2, -0.15) is 10.3 Å². The first-order valence-corrected chi connectivity index (χ1v) is 9.93. The Morgan fingerprint density at radius 1 is 1.46 bits per heavy atom. The number of amidine groups is 1. The van der Waals surface area contributed by atoms with Gasteiger partial charge in [0.25, 0.3) is 5.91 Å². The van der Waals surface area contributed by atoms with Crippen molar-refractivity contribution >= 4 is 38.4 Å². The first kappa shape index (κ1) is 16.8. The molecule has 0 unspecified atom stereocenters. The zero-order valence-corrected chi connectivity index (χ0v) is 14.5. The van der Waals surface area contributed by atoms with Crippen molar-refractivity contribution in [3.8, 4) is 11.8 Å². The number of para-hydroxylation sites is 2. The zero-order chi connectivity index (χ0) is 17.3. The molecule has 0 aromatic heterocycles. The lowest BCUT2D eigenvalue weighted by Crippen LogP contribution is -2.38. The van der Waals surface area contributed by atoms with Crippen LogP contribution in [0.3, 0.4) is 0 Å². The Hall–Kier alpha value is -2.05. The molecule has 24 heavy (non-hydrogen) atoms. The van der Waals surface area contributed by atoms with E-state index in [0.29, 0.717) is 16.6 Å². The number of nitrogens with zero attached hydrogens (tertiary/aromatic N) is 3. The van der Waals surface area contributed by atoms with Gasteiger partial charge in [0.1, 0.15) is 12.2 Å². The number of sulfone groups is 1. The van der Waals surface area contributed by atoms with Crippen LogP contribution in [0.5, 0.6) is 5.75 Å². The van der Waals surface area contributed by atoms with E-state index in [1.807, 2.05) is 12.1 Å². The third-order valence-corrected chi connectivity index (χ3v) is 7.07. The van der Waals surface area contributed by atoms with Gasteiger partial charge in [-0.05, 0) is 12.1 Å². The lowest BCUT2D eigenvalue weighted by Gasteiger charge is -2.26. The molecule has 0 bridgehead atoms. The molecule has 0 spiro atoms. The Kier molecular flexibility index (Phi) is 4.51. The minimum absolute atomic E-state index is 0.00811. The van der Waals surface area contributed by atoms with Crippen LogP contribution in [0, 0.1) is 11.3 Å². The smallest absolute Gasteiger partial charge is 0.262 e. The van der Waals surface area contributed by atoms with Gasteiger partial charge >= 0.3 is 0 Å². The summed E-state index contributed by atoms with van der Waals surface area (Å²) in [6, 6.07) is 8.67. The third-order valence-electron chi connectivity index (χ3n) is 3.86. The summed E-state index contributed by atoms with van der Waals surface area (Å²) in [4.78, 5) is 17.6. The molecule has 2 fully saturated rings. The summed E-state index contributed by atoms with van der Waals surface area (Å²) in [7, 11) is -1.59. The molecule has 0 radical (unpaired) electrons. The van der Waals surface area contributed by atoms with E-state index in [2.05, 4.69) is 4.99 Å². The molecule has 9 heteroatoms. The number of carbonyl (C=O) groups excluding carboxylic acids is 1. The molecular weight excluding hydrogens is 350 g/mol. The van der Waals surface area contributed by atoms with E-state index in [1.54, 1.807) is 23.1 Å². The predicted molar refractivity (Wildman–Crippen MR) is 92.0 cm³/mol. The van der Waals surface area contributed by atoms with Crippen molar-refractivity contribution in [3.63, 3.8) is 0 Å². The second-order valence-electron chi connectivity index (χ2n) is 5.47. The molecule has 126 valence electrons. The minimum atomic E-state index is -3.12. The van der Waals surface area contributed by atoms with Gasteiger partial charge in [-0.15, -0.1) is 0 Å². The molecule has 2 aliphatic heterocycles. The van der Waals surface area contributed by atoms with Gasteiger partial charge in [0.05, 0.1) is 36.4 Å². The van der Waals surface area contributed by atoms with Crippen LogP contribution in [0.25, 0.3) is 0 Å². The average molecular weight is 365 g/mol. The number of benzene rings is 1. The summed E-state index contributed by atoms with van der Waals surface area (Å²) in [6.45, 7) is 0. The van der Waals surface area contributed by atoms with Gasteiger partial charge in [-0.1, -0.05) is 23.9 Å². The van der Waals surface area contributed by atoms with Gasteiger partial charge in [0.2, 0.25) is 0 Å². The SMILES string of the molecule is COc1ccccc1N1C(=NC(=O)CC#N)S[C@H]2CS(=O)(=O)C[C@@H]21. The molecule has 7 nitrogen and oxygen atoms in total. The lowest BCUT2D eigenvalue weighted by atomic mass is 10.2. The third kappa shape index (κ3) is 3.12. The van der Waals surface area contributed by atoms with Crippen LogP contribution in [0.4, 0.5) is 5.69 Å². The fraction of sp³-hybridized carbons (Fsp3) is 0.400. The van der Waals surface area contributed by atoms with Crippen LogP contribution in [0.15, 0.2) is 29.3 Å². The fourth-order valence-electron chi connectivity index (χ4n) is 2.89. The van der Waals surface area contributed by atoms with E-state index in [4.69, 9.17) is 10.00 Å². The summed E-state index contributed by atoms with van der Waals surface area (Å²) in [5.41, 5.74) is 0.667. The van der Waals surface area contributed by atoms with E-state index in [1.165, 1.54) is 18.9 Å². The first-order chi connectivity index (χ1) is 11.4. The van der Waals surface area contributed by atoms with E-state index < -0.39 is 15.7 Å². The largest absolute Gasteiger partial charge is 0.495 e. The first-order valence-electron chi connectivity index (χ1n) is 7.23. The molecule has 2 atom stereocenters. The van der Waals surface area contributed by atoms with Crippen molar-refractivity contribution in [2.45, 2.75) is 17.7 Å². The fourth-order valence-corrected chi connectivity index (χ4v) is 6.81. The number of anilines is 1. The second-order valence-corrected chi connectivity index (χ2v) is 8.83. The Morgan fingerprint density at radius 3 is 2.92 bits per heavy atom. The molecule has 1 aromatic rings. The number of carbonyl (C=O) groups is 1. The summed E-state index contributed by atoms with van der Waals surface area (Å²) in [5, 5.41) is 8.88. The summed E-state index contributed by atoms with van der Waals surface area (Å²) >= 11 is 1.27. The molecule has 2 aliphatic rings. The van der Waals surface area contributed by atoms with Crippen molar-refractivity contribution in [2.75, 3.05) is 23.5 Å². The number of hydrogen-bond donors (Lipinski definition) is 0. The Labute approximate surface area is 144 Å². The number of fused-ring (bicyclic) bond motifs is 1. The van der Waals surface area contributed by atoms with Crippen molar-refractivity contribution in [3.05, 3.63) is 24.3 Å². The van der Waals surface area contributed by atoms with Crippen molar-refractivity contribution in [2.24, 2.45) is 4.99 Å². The maximum absolute atomic E-state index is 12.0. The van der Waals surface area contributed by atoms with E-state index in [9.17, 15) is 13.2 Å². The second kappa shape index (κ2) is 6.45. The van der Waals surface area contributed by atoms with Gasteiger partial charge < -0.3 is 9.64 Å². The molecule has 0 saturated carbocycles. The standard InChI is InChI=1S/C15H15N3O4S2/c1-22-12-5-3-2-4-10(12)18-11-8-24(20,21)9-13(11)23-15(18)17-14(19)6-7-16/h2-5,11,13H,6,8-9H2,1H3/t11-,13-/m0/s1. The van der Waals surface area contributed by atoms with Crippen molar-refractivity contribution in [1.82, 2.24) is 0 Å². The number of nitriles is 1. The van der Waals surface area contributed by atoms with Gasteiger partial charge in [-0.3, -0.25) is 4.79 Å². The Morgan fingerprint density at radius 2 is 2.21 bits per heavy atom. The van der Waals surface area contributed by atoms with Gasteiger partial charge in [0, 0.05) is 5.25 Å². The highest BCUT2D eigenvalue weighted by molar-refractivity contribution is 8.16. The van der Waals surface area contributed by atoms with Crippen LogP contribution in [0.1, 0.15) is 6.42 Å². The summed E-state index contributed by atoms with van der Waals surface area (Å²) < 4.78 is 29.3. The number of thioether (sulfide) groups is 1. The number of hydrogen-bond acceptors (Lipinski definition) is 6. The van der Waals surface area contributed by atoms with Crippen molar-refractivity contribution < 1.29 is 17.9 Å². The highest BCUT2D eigenvalue weighted by atomic mass is 32.2. The van der Waals surface area contributed by atoms with Crippen LogP contribution in [0.2, 0.25) is 0 Å². The summed E-state index contributed by atoms with van der Waals surface area (Å²) in [5.74, 6) is 0.0966. The van der Waals surface area contributed by atoms with Gasteiger partial charge in [0.15, 0.2) is 15.0 Å². The number of amides is 1. The van der Waals surface area contributed by atoms with Crippen LogP contribution < -0.4 is 9.64 Å². The van der Waals surface area contributed by atoms with E-state index >= 15 is 0 Å². The van der Waals surface area contributed by atoms with E-state index in [-0.39, 0.29) is 29.2 Å². The molecule has 1 amide bonds. The van der Waals surface area contributed by atoms with Crippen LogP contribution >= 0.6 is 11.8 Å². The topological polar surface area (TPSA) is 99.8 Å². The maximum atomic E-state index is 12.0. The number of ether oxygens (including phenoxy) is 1. The predicted octanol–water partition coefficient (Wildman–Crippen LogP) is 1.21. The highest BCUT2D eigenvalue weighted by Crippen LogP contribution is 2.43. The monoisotopic (exact) mass is 365 g/mol. The number of aliphatic imine (C=N–C) groups is 1. The molecule has 2 saturated heterocycles. The molecule has 1 aromatic carbocycles. The lowest BCUT2D eigenvalue weighted by molar-refractivity contribution is -0.116. The van der Waals surface area contributed by atoms with Gasteiger partial charge in [-0.25, -0.2) is 8.42 Å². The average Bonchev–Trinajstić information content (AvgIpc) is 2.98. The number of methoxy groups -OCH3 is 1. The summed E-state index contributed by atoms with van der Waals surface area (Å²) in [6.07, 6.45) is -0.308. The quantitative estimate of drug-likeness (QED) is 0.793. The molecule has 2 heterocycles. The minimum Gasteiger partial charge on any atom is -0.495 e. The Balaban J connectivity index is 2.05. The maximum Gasteiger partial charge on any atom is 0.262 e. The normalized spacial score (nSPS) is 26.2. The van der Waals surface area contributed by atoms with Crippen molar-refractivity contribution in [1.29, 1.82) is 5.26 Å². The number of rotatable bonds is 3. The molecule has 0 N–H and O–H groups in total. The molecular formula is C15H15N3O4S2. The van der Waals surface area contributed by atoms with E-state index in [0.717, 1.165) is 0 Å². The highest BCUT2D eigenvalue weighted by Gasteiger charge is 2.49. The zero-order valence-electron chi connectivity index (χ0n) is 12.9. The van der Waals surface area contributed by atoms with Crippen LogP contribution in [-0.2, 0) is 14.6 Å². The molecule has 3 rings (SSSR count). The van der Waals surface area contributed by atoms with Crippen LogP contribution in [-0.4, -0.2) is 49.4 Å². The molecule has 0 aliphatic carbocycles. The Bertz CT molecular complexity index is 845.